The van der Waals surface area contributed by atoms with Crippen LogP contribution in [0.3, 0.4) is 0 Å². The van der Waals surface area contributed by atoms with Crippen LogP contribution >= 0.6 is 0 Å². The van der Waals surface area contributed by atoms with Gasteiger partial charge in [-0.1, -0.05) is 18.2 Å². The van der Waals surface area contributed by atoms with Crippen molar-refractivity contribution in [1.82, 2.24) is 20.9 Å². The van der Waals surface area contributed by atoms with Crippen molar-refractivity contribution in [3.05, 3.63) is 36.0 Å². The van der Waals surface area contributed by atoms with E-state index in [0.717, 1.165) is 16.5 Å². The molecule has 1 heterocycles. The number of benzene rings is 1. The highest BCUT2D eigenvalue weighted by Crippen LogP contribution is 2.18. The number of nitrogens with two attached hydrogens (primary N) is 3. The summed E-state index contributed by atoms with van der Waals surface area (Å²) in [7, 11) is 0. The number of carbonyl (C=O) groups is 6. The minimum atomic E-state index is -1.82. The Bertz CT molecular complexity index is 1340. The first-order chi connectivity index (χ1) is 19.8. The summed E-state index contributed by atoms with van der Waals surface area (Å²) >= 11 is 0. The fraction of sp³-hybridized carbons (Fsp3) is 0.400. The van der Waals surface area contributed by atoms with Gasteiger partial charge in [0.2, 0.25) is 17.7 Å². The van der Waals surface area contributed by atoms with Crippen molar-refractivity contribution in [1.29, 1.82) is 0 Å². The highest BCUT2D eigenvalue weighted by Gasteiger charge is 2.32. The van der Waals surface area contributed by atoms with E-state index in [1.165, 1.54) is 0 Å². The van der Waals surface area contributed by atoms with Crippen molar-refractivity contribution < 1.29 is 44.1 Å². The molecule has 2 rings (SSSR count). The van der Waals surface area contributed by atoms with Crippen molar-refractivity contribution in [2.24, 2.45) is 22.2 Å². The van der Waals surface area contributed by atoms with Gasteiger partial charge in [0.15, 0.2) is 5.96 Å². The van der Waals surface area contributed by atoms with E-state index in [1.807, 2.05) is 29.6 Å². The van der Waals surface area contributed by atoms with E-state index in [2.05, 4.69) is 20.6 Å². The van der Waals surface area contributed by atoms with Gasteiger partial charge in [-0.3, -0.25) is 29.0 Å². The minimum Gasteiger partial charge on any atom is -0.481 e. The Balaban J connectivity index is 2.17. The number of carboxylic acid groups (broad SMARTS) is 3. The highest BCUT2D eigenvalue weighted by molar-refractivity contribution is 5.96. The molecule has 1 aromatic carbocycles. The van der Waals surface area contributed by atoms with E-state index >= 15 is 0 Å². The third-order valence-electron chi connectivity index (χ3n) is 6.03. The SMILES string of the molecule is NC(N)=NCCCC(NC(=O)C(CC(=O)O)NC(=O)C(N)Cc1c[nH]c2ccccc12)C(=O)NC(CC(=O)O)C(=O)O. The molecule has 0 spiro atoms. The second-order valence-electron chi connectivity index (χ2n) is 9.34. The van der Waals surface area contributed by atoms with E-state index < -0.39 is 72.6 Å². The average Bonchev–Trinajstić information content (AvgIpc) is 3.31. The summed E-state index contributed by atoms with van der Waals surface area (Å²) in [6.45, 7) is 0.0252. The molecule has 3 amide bonds. The zero-order chi connectivity index (χ0) is 31.4. The Kier molecular flexibility index (Phi) is 12.2. The summed E-state index contributed by atoms with van der Waals surface area (Å²) in [5.74, 6) is -7.76. The standard InChI is InChI=1S/C25H34N8O9/c26-14(8-12-11-30-15-5-2-1-4-13(12)15)21(38)32-17(9-19(34)35)23(40)31-16(6-3-7-29-25(27)28)22(39)33-18(24(41)42)10-20(36)37/h1-2,4-5,11,14,16-18,30H,3,6-10,26H2,(H,31,40)(H,32,38)(H,33,39)(H,34,35)(H,36,37)(H,41,42)(H4,27,28,29). The molecule has 0 fully saturated rings. The van der Waals surface area contributed by atoms with Crippen LogP contribution in [0.5, 0.6) is 0 Å². The predicted octanol–water partition coefficient (Wildman–Crippen LogP) is -2.42. The Labute approximate surface area is 238 Å². The van der Waals surface area contributed by atoms with E-state index in [1.54, 1.807) is 6.20 Å². The summed E-state index contributed by atoms with van der Waals surface area (Å²) < 4.78 is 0. The fourth-order valence-electron chi connectivity index (χ4n) is 3.98. The van der Waals surface area contributed by atoms with Gasteiger partial charge in [0.25, 0.3) is 0 Å². The highest BCUT2D eigenvalue weighted by atomic mass is 16.4. The van der Waals surface area contributed by atoms with Gasteiger partial charge in [-0.2, -0.15) is 0 Å². The Morgan fingerprint density at radius 1 is 0.833 bits per heavy atom. The molecule has 0 aliphatic heterocycles. The number of aliphatic imine (C=N–C) groups is 1. The van der Waals surface area contributed by atoms with E-state index in [4.69, 9.17) is 22.3 Å². The number of H-pyrrole nitrogens is 1. The number of amides is 3. The summed E-state index contributed by atoms with van der Waals surface area (Å²) in [5, 5.41) is 35.0. The first kappa shape index (κ1) is 33.0. The summed E-state index contributed by atoms with van der Waals surface area (Å²) in [5.41, 5.74) is 18.1. The summed E-state index contributed by atoms with van der Waals surface area (Å²) in [4.78, 5) is 79.5. The van der Waals surface area contributed by atoms with Crippen LogP contribution in [0.15, 0.2) is 35.5 Å². The molecule has 0 aliphatic carbocycles. The normalized spacial score (nSPS) is 13.6. The third kappa shape index (κ3) is 10.4. The average molecular weight is 591 g/mol. The number of carbonyl (C=O) groups excluding carboxylic acids is 3. The van der Waals surface area contributed by atoms with Gasteiger partial charge < -0.3 is 53.5 Å². The van der Waals surface area contributed by atoms with Crippen LogP contribution in [0.1, 0.15) is 31.2 Å². The van der Waals surface area contributed by atoms with Crippen molar-refractivity contribution in [3.8, 4) is 0 Å². The lowest BCUT2D eigenvalue weighted by atomic mass is 10.0. The maximum absolute atomic E-state index is 13.1. The van der Waals surface area contributed by atoms with Crippen LogP contribution in [-0.2, 0) is 35.2 Å². The molecule has 0 saturated heterocycles. The Hall–Kier alpha value is -5.19. The fourth-order valence-corrected chi connectivity index (χ4v) is 3.98. The molecule has 17 heteroatoms. The van der Waals surface area contributed by atoms with Crippen LogP contribution in [-0.4, -0.2) is 92.6 Å². The quantitative estimate of drug-likeness (QED) is 0.0523. The molecular formula is C25H34N8O9. The number of hydrogen-bond donors (Lipinski definition) is 10. The molecular weight excluding hydrogens is 556 g/mol. The number of carboxylic acids is 3. The molecule has 0 bridgehead atoms. The molecule has 13 N–H and O–H groups in total. The van der Waals surface area contributed by atoms with Crippen LogP contribution < -0.4 is 33.2 Å². The van der Waals surface area contributed by atoms with Gasteiger partial charge in [-0.25, -0.2) is 4.79 Å². The Morgan fingerprint density at radius 2 is 1.40 bits per heavy atom. The predicted molar refractivity (Wildman–Crippen MR) is 148 cm³/mol. The number of rotatable bonds is 17. The van der Waals surface area contributed by atoms with E-state index in [-0.39, 0.29) is 31.8 Å². The third-order valence-corrected chi connectivity index (χ3v) is 6.03. The zero-order valence-corrected chi connectivity index (χ0v) is 22.4. The van der Waals surface area contributed by atoms with Crippen molar-refractivity contribution in [2.45, 2.75) is 56.3 Å². The number of aromatic amines is 1. The molecule has 0 aliphatic rings. The number of fused-ring (bicyclic) bond motifs is 1. The lowest BCUT2D eigenvalue weighted by molar-refractivity contribution is -0.147. The maximum Gasteiger partial charge on any atom is 0.326 e. The van der Waals surface area contributed by atoms with E-state index in [9.17, 15) is 39.0 Å². The molecule has 4 atom stereocenters. The smallest absolute Gasteiger partial charge is 0.326 e. The van der Waals surface area contributed by atoms with Gasteiger partial charge in [0, 0.05) is 23.6 Å². The number of nitrogens with one attached hydrogen (secondary N) is 4. The topological polar surface area (TPSA) is 305 Å². The van der Waals surface area contributed by atoms with Crippen molar-refractivity contribution in [3.63, 3.8) is 0 Å². The molecule has 1 aromatic heterocycles. The number of para-hydroxylation sites is 1. The van der Waals surface area contributed by atoms with Crippen LogP contribution in [0.4, 0.5) is 0 Å². The number of nitrogens with zero attached hydrogens (tertiary/aromatic N) is 1. The zero-order valence-electron chi connectivity index (χ0n) is 22.4. The molecule has 17 nitrogen and oxygen atoms in total. The van der Waals surface area contributed by atoms with Crippen LogP contribution in [0, 0.1) is 0 Å². The van der Waals surface area contributed by atoms with Gasteiger partial charge >= 0.3 is 17.9 Å². The lowest BCUT2D eigenvalue weighted by Gasteiger charge is -2.24. The second-order valence-corrected chi connectivity index (χ2v) is 9.34. The number of aromatic nitrogens is 1. The van der Waals surface area contributed by atoms with Gasteiger partial charge in [-0.15, -0.1) is 0 Å². The van der Waals surface area contributed by atoms with Gasteiger partial charge in [0.05, 0.1) is 18.9 Å². The monoisotopic (exact) mass is 590 g/mol. The van der Waals surface area contributed by atoms with Crippen LogP contribution in [0.2, 0.25) is 0 Å². The summed E-state index contributed by atoms with van der Waals surface area (Å²) in [6.07, 6.45) is -0.106. The Morgan fingerprint density at radius 3 is 2.02 bits per heavy atom. The van der Waals surface area contributed by atoms with Gasteiger partial charge in [0.1, 0.15) is 18.1 Å². The molecule has 0 radical (unpaired) electrons. The van der Waals surface area contributed by atoms with Crippen molar-refractivity contribution >= 4 is 52.5 Å². The molecule has 2 aromatic rings. The first-order valence-corrected chi connectivity index (χ1v) is 12.7. The molecule has 0 saturated carbocycles. The second kappa shape index (κ2) is 15.6. The summed E-state index contributed by atoms with van der Waals surface area (Å²) in [6, 6.07) is 1.19. The van der Waals surface area contributed by atoms with E-state index in [0.29, 0.717) is 0 Å². The molecule has 4 unspecified atom stereocenters. The number of guanidine groups is 1. The minimum absolute atomic E-state index is 0.0252. The van der Waals surface area contributed by atoms with Gasteiger partial charge in [-0.05, 0) is 30.9 Å². The largest absolute Gasteiger partial charge is 0.481 e. The maximum atomic E-state index is 13.1. The molecule has 228 valence electrons. The van der Waals surface area contributed by atoms with Crippen LogP contribution in [0.25, 0.3) is 10.9 Å². The first-order valence-electron chi connectivity index (χ1n) is 12.7. The lowest BCUT2D eigenvalue weighted by Crippen LogP contribution is -2.57. The van der Waals surface area contributed by atoms with Crippen molar-refractivity contribution in [2.75, 3.05) is 6.54 Å². The molecule has 42 heavy (non-hydrogen) atoms. The number of aliphatic carboxylic acids is 3. The number of hydrogen-bond acceptors (Lipinski definition) is 8.